The Labute approximate surface area is 129 Å². The zero-order valence-electron chi connectivity index (χ0n) is 13.8. The van der Waals surface area contributed by atoms with E-state index in [1.807, 2.05) is 0 Å². The van der Waals surface area contributed by atoms with E-state index in [-0.39, 0.29) is 11.7 Å². The van der Waals surface area contributed by atoms with Crippen molar-refractivity contribution < 1.29 is 9.47 Å². The van der Waals surface area contributed by atoms with Crippen LogP contribution in [0.4, 0.5) is 0 Å². The summed E-state index contributed by atoms with van der Waals surface area (Å²) in [5.74, 6) is 0. The molecule has 3 nitrogen and oxygen atoms in total. The van der Waals surface area contributed by atoms with Gasteiger partial charge in [-0.05, 0) is 29.5 Å². The number of hydrogen-bond acceptors (Lipinski definition) is 3. The minimum absolute atomic E-state index is 0.0679. The number of nitrogens with one attached hydrogen (secondary N) is 1. The van der Waals surface area contributed by atoms with Crippen LogP contribution in [0.25, 0.3) is 0 Å². The molecule has 0 bridgehead atoms. The lowest BCUT2D eigenvalue weighted by Gasteiger charge is -2.24. The molecule has 0 radical (unpaired) electrons. The monoisotopic (exact) mass is 291 g/mol. The first-order valence-electron chi connectivity index (χ1n) is 8.07. The van der Waals surface area contributed by atoms with Crippen molar-refractivity contribution in [2.75, 3.05) is 19.8 Å². The molecule has 0 aliphatic carbocycles. The molecule has 1 aromatic rings. The van der Waals surface area contributed by atoms with Gasteiger partial charge < -0.3 is 14.8 Å². The molecule has 1 saturated heterocycles. The molecule has 1 heterocycles. The van der Waals surface area contributed by atoms with Crippen LogP contribution in [-0.4, -0.2) is 26.0 Å². The van der Waals surface area contributed by atoms with Gasteiger partial charge >= 0.3 is 0 Å². The van der Waals surface area contributed by atoms with E-state index in [1.165, 1.54) is 11.1 Å². The molecule has 1 aliphatic rings. The minimum atomic E-state index is -0.0679. The summed E-state index contributed by atoms with van der Waals surface area (Å²) in [5, 5.41) is 3.61. The summed E-state index contributed by atoms with van der Waals surface area (Å²) in [6.45, 7) is 11.4. The molecular formula is C18H29NO2. The van der Waals surface area contributed by atoms with Gasteiger partial charge in [0.1, 0.15) is 0 Å². The predicted molar refractivity (Wildman–Crippen MR) is 86.5 cm³/mol. The zero-order valence-corrected chi connectivity index (χ0v) is 13.8. The fourth-order valence-electron chi connectivity index (χ4n) is 2.61. The summed E-state index contributed by atoms with van der Waals surface area (Å²) in [7, 11) is 0. The van der Waals surface area contributed by atoms with Crippen molar-refractivity contribution in [2.24, 2.45) is 0 Å². The Morgan fingerprint density at radius 3 is 2.29 bits per heavy atom. The lowest BCUT2D eigenvalue weighted by molar-refractivity contribution is -0.0530. The average molecular weight is 291 g/mol. The lowest BCUT2D eigenvalue weighted by Crippen LogP contribution is -2.27. The maximum Gasteiger partial charge on any atom is 0.159 e. The van der Waals surface area contributed by atoms with Crippen molar-refractivity contribution in [2.45, 2.75) is 58.3 Å². The average Bonchev–Trinajstić information content (AvgIpc) is 2.95. The van der Waals surface area contributed by atoms with Crippen LogP contribution in [0.5, 0.6) is 0 Å². The highest BCUT2D eigenvalue weighted by atomic mass is 16.7. The van der Waals surface area contributed by atoms with E-state index in [4.69, 9.17) is 9.47 Å². The zero-order chi connectivity index (χ0) is 15.3. The second-order valence-corrected chi connectivity index (χ2v) is 6.79. The standard InChI is InChI=1S/C18H29NO2/c1-5-10-19-16(13-17-20-11-12-21-17)14-6-8-15(9-7-14)18(2,3)4/h6-9,16-17,19H,5,10-13H2,1-4H3. The second-order valence-electron chi connectivity index (χ2n) is 6.79. The molecule has 3 heteroatoms. The van der Waals surface area contributed by atoms with E-state index >= 15 is 0 Å². The Morgan fingerprint density at radius 2 is 1.76 bits per heavy atom. The Balaban J connectivity index is 2.07. The van der Waals surface area contributed by atoms with E-state index in [1.54, 1.807) is 0 Å². The first-order valence-corrected chi connectivity index (χ1v) is 8.07. The molecule has 0 aromatic heterocycles. The summed E-state index contributed by atoms with van der Waals surface area (Å²) in [6.07, 6.45) is 1.93. The van der Waals surface area contributed by atoms with Gasteiger partial charge in [-0.3, -0.25) is 0 Å². The van der Waals surface area contributed by atoms with Crippen molar-refractivity contribution in [1.29, 1.82) is 0 Å². The SMILES string of the molecule is CCCNC(CC1OCCO1)c1ccc(C(C)(C)C)cc1. The van der Waals surface area contributed by atoms with Crippen molar-refractivity contribution >= 4 is 0 Å². The van der Waals surface area contributed by atoms with Gasteiger partial charge in [0.05, 0.1) is 13.2 Å². The van der Waals surface area contributed by atoms with E-state index in [0.717, 1.165) is 19.4 Å². The summed E-state index contributed by atoms with van der Waals surface area (Å²) < 4.78 is 11.2. The Kier molecular flexibility index (Phi) is 5.80. The first kappa shape index (κ1) is 16.5. The van der Waals surface area contributed by atoms with Gasteiger partial charge in [0, 0.05) is 12.5 Å². The lowest BCUT2D eigenvalue weighted by atomic mass is 9.86. The fourth-order valence-corrected chi connectivity index (χ4v) is 2.61. The summed E-state index contributed by atoms with van der Waals surface area (Å²) >= 11 is 0. The molecule has 0 saturated carbocycles. The highest BCUT2D eigenvalue weighted by Gasteiger charge is 2.22. The van der Waals surface area contributed by atoms with Crippen LogP contribution in [0.3, 0.4) is 0 Å². The molecule has 1 fully saturated rings. The number of rotatable bonds is 6. The smallest absolute Gasteiger partial charge is 0.159 e. The molecule has 0 amide bonds. The normalized spacial score (nSPS) is 18.1. The van der Waals surface area contributed by atoms with Crippen molar-refractivity contribution in [3.8, 4) is 0 Å². The molecule has 1 unspecified atom stereocenters. The summed E-state index contributed by atoms with van der Waals surface area (Å²) in [4.78, 5) is 0. The third-order valence-electron chi connectivity index (χ3n) is 3.94. The summed E-state index contributed by atoms with van der Waals surface area (Å²) in [6, 6.07) is 9.26. The van der Waals surface area contributed by atoms with Crippen LogP contribution in [0, 0.1) is 0 Å². The van der Waals surface area contributed by atoms with Gasteiger partial charge in [-0.25, -0.2) is 0 Å². The highest BCUT2D eigenvalue weighted by Crippen LogP contribution is 2.26. The molecule has 0 spiro atoms. The fraction of sp³-hybridized carbons (Fsp3) is 0.667. The maximum atomic E-state index is 5.60. The molecule has 1 aliphatic heterocycles. The third kappa shape index (κ3) is 4.80. The molecule has 21 heavy (non-hydrogen) atoms. The Hall–Kier alpha value is -0.900. The molecule has 2 rings (SSSR count). The number of ether oxygens (including phenoxy) is 2. The van der Waals surface area contributed by atoms with E-state index in [2.05, 4.69) is 57.3 Å². The largest absolute Gasteiger partial charge is 0.350 e. The van der Waals surface area contributed by atoms with Gasteiger partial charge in [-0.15, -0.1) is 0 Å². The topological polar surface area (TPSA) is 30.5 Å². The van der Waals surface area contributed by atoms with E-state index < -0.39 is 0 Å². The highest BCUT2D eigenvalue weighted by molar-refractivity contribution is 5.29. The van der Waals surface area contributed by atoms with E-state index in [0.29, 0.717) is 19.3 Å². The number of benzene rings is 1. The maximum absolute atomic E-state index is 5.60. The van der Waals surface area contributed by atoms with Crippen LogP contribution >= 0.6 is 0 Å². The van der Waals surface area contributed by atoms with Crippen LogP contribution in [0.15, 0.2) is 24.3 Å². The van der Waals surface area contributed by atoms with Gasteiger partial charge in [-0.2, -0.15) is 0 Å². The van der Waals surface area contributed by atoms with Crippen LogP contribution in [0.2, 0.25) is 0 Å². The molecule has 1 aromatic carbocycles. The Bertz CT molecular complexity index is 416. The van der Waals surface area contributed by atoms with Crippen LogP contribution < -0.4 is 5.32 Å². The number of hydrogen-bond donors (Lipinski definition) is 1. The molecule has 1 N–H and O–H groups in total. The Morgan fingerprint density at radius 1 is 1.14 bits per heavy atom. The second kappa shape index (κ2) is 7.39. The minimum Gasteiger partial charge on any atom is -0.350 e. The van der Waals surface area contributed by atoms with E-state index in [9.17, 15) is 0 Å². The predicted octanol–water partition coefficient (Wildman–Crippen LogP) is 3.79. The van der Waals surface area contributed by atoms with Crippen LogP contribution in [0.1, 0.15) is 57.7 Å². The van der Waals surface area contributed by atoms with Crippen molar-refractivity contribution in [1.82, 2.24) is 5.32 Å². The van der Waals surface area contributed by atoms with Crippen LogP contribution in [-0.2, 0) is 14.9 Å². The van der Waals surface area contributed by atoms with Gasteiger partial charge in [-0.1, -0.05) is 52.0 Å². The van der Waals surface area contributed by atoms with Crippen molar-refractivity contribution in [3.05, 3.63) is 35.4 Å². The molecule has 1 atom stereocenters. The van der Waals surface area contributed by atoms with Gasteiger partial charge in [0.2, 0.25) is 0 Å². The third-order valence-corrected chi connectivity index (χ3v) is 3.94. The first-order chi connectivity index (χ1) is 10.0. The van der Waals surface area contributed by atoms with Gasteiger partial charge in [0.25, 0.3) is 0 Å². The van der Waals surface area contributed by atoms with Crippen molar-refractivity contribution in [3.63, 3.8) is 0 Å². The summed E-state index contributed by atoms with van der Waals surface area (Å²) in [5.41, 5.74) is 2.88. The molecule has 118 valence electrons. The van der Waals surface area contributed by atoms with Gasteiger partial charge in [0.15, 0.2) is 6.29 Å². The molecular weight excluding hydrogens is 262 g/mol. The quantitative estimate of drug-likeness (QED) is 0.865.